The summed E-state index contributed by atoms with van der Waals surface area (Å²) in [5.41, 5.74) is 2.61. The summed E-state index contributed by atoms with van der Waals surface area (Å²) in [5.74, 6) is -2.30. The molecular formula is C25H27NO5. The lowest BCUT2D eigenvalue weighted by molar-refractivity contribution is -0.119. The molecule has 2 aromatic rings. The molecule has 0 saturated heterocycles. The second-order valence-corrected chi connectivity index (χ2v) is 8.27. The quantitative estimate of drug-likeness (QED) is 0.685. The molecule has 0 saturated carbocycles. The molecule has 162 valence electrons. The highest BCUT2D eigenvalue weighted by Gasteiger charge is 2.44. The van der Waals surface area contributed by atoms with E-state index in [9.17, 15) is 19.5 Å². The van der Waals surface area contributed by atoms with E-state index in [2.05, 4.69) is 0 Å². The molecule has 6 nitrogen and oxygen atoms in total. The molecule has 1 unspecified atom stereocenters. The van der Waals surface area contributed by atoms with Gasteiger partial charge in [0, 0.05) is 11.6 Å². The van der Waals surface area contributed by atoms with Gasteiger partial charge in [0.05, 0.1) is 23.3 Å². The largest absolute Gasteiger partial charge is 0.503 e. The number of hydrogen-bond donors (Lipinski definition) is 1. The lowest BCUT2D eigenvalue weighted by Gasteiger charge is -2.27. The summed E-state index contributed by atoms with van der Waals surface area (Å²) in [5, 5.41) is 10.6. The Bertz CT molecular complexity index is 1050. The van der Waals surface area contributed by atoms with Gasteiger partial charge in [0.25, 0.3) is 5.91 Å². The first-order valence-electron chi connectivity index (χ1n) is 10.3. The minimum atomic E-state index is -0.754. The van der Waals surface area contributed by atoms with Crippen molar-refractivity contribution in [3.8, 4) is 0 Å². The number of anilines is 1. The van der Waals surface area contributed by atoms with E-state index in [1.54, 1.807) is 52.0 Å². The van der Waals surface area contributed by atoms with Crippen LogP contribution in [0.3, 0.4) is 0 Å². The molecule has 0 radical (unpaired) electrons. The van der Waals surface area contributed by atoms with E-state index in [0.29, 0.717) is 11.3 Å². The van der Waals surface area contributed by atoms with Gasteiger partial charge in [-0.05, 0) is 50.6 Å². The van der Waals surface area contributed by atoms with Crippen molar-refractivity contribution in [1.82, 2.24) is 0 Å². The first-order valence-corrected chi connectivity index (χ1v) is 10.3. The molecule has 0 fully saturated rings. The summed E-state index contributed by atoms with van der Waals surface area (Å²) in [6.45, 7) is 8.93. The van der Waals surface area contributed by atoms with Crippen molar-refractivity contribution < 1.29 is 24.2 Å². The number of aliphatic hydroxyl groups is 1. The Morgan fingerprint density at radius 1 is 1.03 bits per heavy atom. The first kappa shape index (κ1) is 22.3. The van der Waals surface area contributed by atoms with Crippen molar-refractivity contribution in [2.75, 3.05) is 4.90 Å². The third kappa shape index (κ3) is 4.38. The molecule has 0 aromatic heterocycles. The number of hydrogen-bond acceptors (Lipinski definition) is 5. The lowest BCUT2D eigenvalue weighted by Crippen LogP contribution is -2.31. The predicted molar refractivity (Wildman–Crippen MR) is 118 cm³/mol. The molecule has 3 rings (SSSR count). The van der Waals surface area contributed by atoms with Gasteiger partial charge in [-0.3, -0.25) is 14.5 Å². The summed E-state index contributed by atoms with van der Waals surface area (Å²) in [6, 6.07) is 13.1. The zero-order valence-corrected chi connectivity index (χ0v) is 18.4. The number of aliphatic hydroxyl groups excluding tert-OH is 1. The fraction of sp³-hybridized carbons (Fsp3) is 0.320. The third-order valence-electron chi connectivity index (χ3n) is 5.08. The molecular weight excluding hydrogens is 394 g/mol. The van der Waals surface area contributed by atoms with Crippen molar-refractivity contribution in [1.29, 1.82) is 0 Å². The molecule has 1 heterocycles. The Labute approximate surface area is 182 Å². The molecule has 1 amide bonds. The molecule has 1 aliphatic heterocycles. The summed E-state index contributed by atoms with van der Waals surface area (Å²) < 4.78 is 5.21. The Hall–Kier alpha value is -3.41. The molecule has 1 aliphatic rings. The summed E-state index contributed by atoms with van der Waals surface area (Å²) in [4.78, 5) is 39.5. The van der Waals surface area contributed by atoms with E-state index in [-0.39, 0.29) is 23.4 Å². The van der Waals surface area contributed by atoms with Gasteiger partial charge in [-0.1, -0.05) is 43.7 Å². The Morgan fingerprint density at radius 3 is 2.23 bits per heavy atom. The maximum atomic E-state index is 13.1. The second kappa shape index (κ2) is 8.76. The van der Waals surface area contributed by atoms with Crippen LogP contribution in [-0.4, -0.2) is 28.9 Å². The predicted octanol–water partition coefficient (Wildman–Crippen LogP) is 4.69. The van der Waals surface area contributed by atoms with Crippen molar-refractivity contribution in [2.24, 2.45) is 5.92 Å². The fourth-order valence-electron chi connectivity index (χ4n) is 3.63. The van der Waals surface area contributed by atoms with E-state index in [0.717, 1.165) is 11.1 Å². The number of ketones is 1. The standard InChI is InChI=1S/C25H27NO5/c1-14(2)22(27)20-21(18-8-6-7-16(5)13-18)26(24(29)23(20)28)19-11-9-17(10-12-19)25(30)31-15(3)4/h6-15,21,28H,1-5H3. The highest BCUT2D eigenvalue weighted by molar-refractivity contribution is 6.17. The van der Waals surface area contributed by atoms with E-state index in [4.69, 9.17) is 4.74 Å². The molecule has 2 aromatic carbocycles. The Balaban J connectivity index is 2.07. The van der Waals surface area contributed by atoms with Crippen LogP contribution in [0.4, 0.5) is 5.69 Å². The number of amides is 1. The number of nitrogens with zero attached hydrogens (tertiary/aromatic N) is 1. The highest BCUT2D eigenvalue weighted by Crippen LogP contribution is 2.42. The molecule has 0 aliphatic carbocycles. The van der Waals surface area contributed by atoms with E-state index in [1.807, 2.05) is 31.2 Å². The van der Waals surface area contributed by atoms with Crippen molar-refractivity contribution in [2.45, 2.75) is 46.8 Å². The molecule has 1 N–H and O–H groups in total. The monoisotopic (exact) mass is 421 g/mol. The van der Waals surface area contributed by atoms with Crippen LogP contribution in [0.5, 0.6) is 0 Å². The second-order valence-electron chi connectivity index (χ2n) is 8.27. The van der Waals surface area contributed by atoms with Crippen LogP contribution in [0, 0.1) is 12.8 Å². The van der Waals surface area contributed by atoms with E-state index >= 15 is 0 Å². The molecule has 0 bridgehead atoms. The minimum Gasteiger partial charge on any atom is -0.503 e. The molecule has 1 atom stereocenters. The van der Waals surface area contributed by atoms with Gasteiger partial charge in [-0.2, -0.15) is 0 Å². The van der Waals surface area contributed by atoms with Crippen LogP contribution in [0.2, 0.25) is 0 Å². The van der Waals surface area contributed by atoms with Gasteiger partial charge in [-0.25, -0.2) is 4.79 Å². The zero-order chi connectivity index (χ0) is 22.9. The third-order valence-corrected chi connectivity index (χ3v) is 5.08. The minimum absolute atomic E-state index is 0.0916. The smallest absolute Gasteiger partial charge is 0.338 e. The number of aryl methyl sites for hydroxylation is 1. The van der Waals surface area contributed by atoms with Gasteiger partial charge in [0.2, 0.25) is 0 Å². The summed E-state index contributed by atoms with van der Waals surface area (Å²) in [7, 11) is 0. The zero-order valence-electron chi connectivity index (χ0n) is 18.4. The topological polar surface area (TPSA) is 83.9 Å². The number of carbonyl (C=O) groups is 3. The molecule has 0 spiro atoms. The number of benzene rings is 2. The molecule has 6 heteroatoms. The van der Waals surface area contributed by atoms with Crippen LogP contribution in [0.15, 0.2) is 59.9 Å². The number of Topliss-reactive ketones (excluding diaryl/α,β-unsaturated/α-hetero) is 1. The van der Waals surface area contributed by atoms with Gasteiger partial charge < -0.3 is 9.84 Å². The average Bonchev–Trinajstić information content (AvgIpc) is 2.98. The lowest BCUT2D eigenvalue weighted by atomic mass is 9.90. The van der Waals surface area contributed by atoms with Crippen molar-refractivity contribution in [3.63, 3.8) is 0 Å². The summed E-state index contributed by atoms with van der Waals surface area (Å²) >= 11 is 0. The highest BCUT2D eigenvalue weighted by atomic mass is 16.5. The van der Waals surface area contributed by atoms with Gasteiger partial charge >= 0.3 is 5.97 Å². The number of ether oxygens (including phenoxy) is 1. The normalized spacial score (nSPS) is 16.4. The SMILES string of the molecule is Cc1cccc(C2C(C(=O)C(C)C)=C(O)C(=O)N2c2ccc(C(=O)OC(C)C)cc2)c1. The maximum Gasteiger partial charge on any atom is 0.338 e. The first-order chi connectivity index (χ1) is 14.6. The Kier molecular flexibility index (Phi) is 6.29. The van der Waals surface area contributed by atoms with E-state index < -0.39 is 23.7 Å². The molecule has 31 heavy (non-hydrogen) atoms. The van der Waals surface area contributed by atoms with Gasteiger partial charge in [0.1, 0.15) is 0 Å². The average molecular weight is 421 g/mol. The number of esters is 1. The van der Waals surface area contributed by atoms with Crippen molar-refractivity contribution in [3.05, 3.63) is 76.6 Å². The van der Waals surface area contributed by atoms with Gasteiger partial charge in [-0.15, -0.1) is 0 Å². The van der Waals surface area contributed by atoms with Crippen LogP contribution < -0.4 is 4.90 Å². The van der Waals surface area contributed by atoms with E-state index in [1.165, 1.54) is 4.90 Å². The summed E-state index contributed by atoms with van der Waals surface area (Å²) in [6.07, 6.45) is -0.246. The van der Waals surface area contributed by atoms with Gasteiger partial charge in [0.15, 0.2) is 11.5 Å². The van der Waals surface area contributed by atoms with Crippen LogP contribution in [0.25, 0.3) is 0 Å². The number of carbonyl (C=O) groups excluding carboxylic acids is 3. The number of rotatable bonds is 6. The van der Waals surface area contributed by atoms with Crippen LogP contribution in [0.1, 0.15) is 55.2 Å². The fourth-order valence-corrected chi connectivity index (χ4v) is 3.63. The van der Waals surface area contributed by atoms with Crippen molar-refractivity contribution >= 4 is 23.3 Å². The van der Waals surface area contributed by atoms with Crippen LogP contribution >= 0.6 is 0 Å². The maximum absolute atomic E-state index is 13.1. The Morgan fingerprint density at radius 2 is 1.68 bits per heavy atom. The van der Waals surface area contributed by atoms with Crippen LogP contribution in [-0.2, 0) is 14.3 Å².